The number of ether oxygens (including phenoxy) is 2. The van der Waals surface area contributed by atoms with Crippen LogP contribution in [0.25, 0.3) is 10.9 Å². The summed E-state index contributed by atoms with van der Waals surface area (Å²) < 4.78 is 11.7. The summed E-state index contributed by atoms with van der Waals surface area (Å²) in [6, 6.07) is 4.29. The number of unbranched alkanes of at least 4 members (excludes halogenated alkanes) is 2. The maximum absolute atomic E-state index is 12.6. The highest BCUT2D eigenvalue weighted by atomic mass is 32.2. The number of carbonyl (C=O) groups is 3. The minimum atomic E-state index is -0.177. The Balaban J connectivity index is 0.00000191. The summed E-state index contributed by atoms with van der Waals surface area (Å²) in [7, 11) is 1.75. The number of aryl methyl sites for hydroxylation is 1. The number of thioether (sulfide) groups is 1. The normalized spacial score (nSPS) is 24.9. The third-order valence-corrected chi connectivity index (χ3v) is 11.6. The minimum absolute atomic E-state index is 0. The quantitative estimate of drug-likeness (QED) is 0.0711. The monoisotopic (exact) mass is 715 g/mol. The first-order valence-electron chi connectivity index (χ1n) is 19.0. The zero-order chi connectivity index (χ0) is 35.6. The van der Waals surface area contributed by atoms with Crippen LogP contribution in [-0.4, -0.2) is 90.9 Å². The van der Waals surface area contributed by atoms with Crippen LogP contribution in [-0.2, 0) is 32.1 Å². The summed E-state index contributed by atoms with van der Waals surface area (Å²) in [6.45, 7) is 11.2. The number of nitrogens with one attached hydrogen (secondary N) is 3. The van der Waals surface area contributed by atoms with Crippen molar-refractivity contribution in [3.8, 4) is 5.75 Å². The number of nitrogens with zero attached hydrogens (tertiary/aromatic N) is 2. The number of H-pyrrole nitrogens is 1. The highest BCUT2D eigenvalue weighted by molar-refractivity contribution is 7.98. The second-order valence-electron chi connectivity index (χ2n) is 14.0. The number of aromatic amines is 1. The lowest BCUT2D eigenvalue weighted by atomic mass is 9.80. The fraction of sp³-hybridized carbons (Fsp3) is 0.667. The number of likely N-dealkylation sites (tertiary alicyclic amines) is 1. The van der Waals surface area contributed by atoms with Crippen molar-refractivity contribution in [2.45, 2.75) is 109 Å². The fourth-order valence-electron chi connectivity index (χ4n) is 8.05. The molecule has 3 atom stereocenters. The van der Waals surface area contributed by atoms with Gasteiger partial charge in [-0.2, -0.15) is 0 Å². The molecule has 4 heterocycles. The maximum Gasteiger partial charge on any atom is 0.253 e. The molecule has 0 radical (unpaired) electrons. The molecule has 0 bridgehead atoms. The van der Waals surface area contributed by atoms with Crippen molar-refractivity contribution in [3.63, 3.8) is 0 Å². The summed E-state index contributed by atoms with van der Waals surface area (Å²) in [5.41, 5.74) is 3.79. The first-order valence-corrected chi connectivity index (χ1v) is 20.3. The van der Waals surface area contributed by atoms with E-state index in [1.165, 1.54) is 44.1 Å². The van der Waals surface area contributed by atoms with Crippen LogP contribution in [0.5, 0.6) is 5.75 Å². The van der Waals surface area contributed by atoms with Crippen molar-refractivity contribution < 1.29 is 28.1 Å². The van der Waals surface area contributed by atoms with E-state index < -0.39 is 0 Å². The van der Waals surface area contributed by atoms with Gasteiger partial charge in [-0.15, -0.1) is 11.8 Å². The molecule has 3 fully saturated rings. The molecule has 6 rings (SSSR count). The average molecular weight is 716 g/mol. The van der Waals surface area contributed by atoms with Gasteiger partial charge in [0.05, 0.1) is 17.7 Å². The highest BCUT2D eigenvalue weighted by Gasteiger charge is 2.45. The van der Waals surface area contributed by atoms with Crippen LogP contribution in [0, 0.1) is 17.8 Å². The molecule has 2 saturated heterocycles. The number of hydrogen-bond donors (Lipinski definition) is 3. The smallest absolute Gasteiger partial charge is 0.253 e. The van der Waals surface area contributed by atoms with Crippen LogP contribution in [0.2, 0.25) is 0 Å². The second kappa shape index (κ2) is 18.6. The second-order valence-corrected chi connectivity index (χ2v) is 14.9. The Hall–Kier alpha value is -2.86. The fourth-order valence-corrected chi connectivity index (χ4v) is 8.75. The topological polar surface area (TPSA) is 119 Å². The van der Waals surface area contributed by atoms with E-state index in [9.17, 15) is 14.4 Å². The molecule has 3 amide bonds. The Morgan fingerprint density at radius 3 is 2.50 bits per heavy atom. The van der Waals surface area contributed by atoms with Crippen LogP contribution in [0.4, 0.5) is 0 Å². The average Bonchev–Trinajstić information content (AvgIpc) is 3.43. The number of methoxy groups -OCH3 is 1. The van der Waals surface area contributed by atoms with E-state index >= 15 is 0 Å². The number of benzene rings is 1. The lowest BCUT2D eigenvalue weighted by molar-refractivity contribution is -0.137. The van der Waals surface area contributed by atoms with Gasteiger partial charge >= 0.3 is 0 Å². The van der Waals surface area contributed by atoms with E-state index in [4.69, 9.17) is 9.47 Å². The van der Waals surface area contributed by atoms with Gasteiger partial charge in [-0.25, -0.2) is 0 Å². The van der Waals surface area contributed by atoms with Crippen molar-refractivity contribution in [2.75, 3.05) is 46.1 Å². The molecular weight excluding hydrogens is 651 g/mol. The summed E-state index contributed by atoms with van der Waals surface area (Å²) in [5, 5.41) is 9.28. The zero-order valence-electron chi connectivity index (χ0n) is 30.9. The number of fused-ring (bicyclic) bond motifs is 1. The van der Waals surface area contributed by atoms with E-state index in [2.05, 4.69) is 45.8 Å². The number of imide groups is 1. The van der Waals surface area contributed by atoms with E-state index in [-0.39, 0.29) is 34.3 Å². The standard InChI is InChI=1S/C37H53N5O5S.C2H6.3H2/c1-4-27-28-13-14-30(46-2)29(34(28)40-37(27)48-3)23-41-19-17-25(21-41)20-39-31(43)8-6-5-7-18-38-36-35(47-36)26-11-9-24(10-12-26)22-42-32(44)15-16-33(42)45;1-2;;;/h13-16,24-26,35-36,38,40H,4-12,17-23H2,1-3H3,(H,39,43);1-2H3;3*1H/t24?,25-,26?,35?,36?;;;;/m0..../s1. The molecule has 1 aromatic heterocycles. The van der Waals surface area contributed by atoms with Crippen LogP contribution in [0.1, 0.15) is 94.0 Å². The number of hydrogen-bond acceptors (Lipinski definition) is 8. The third-order valence-electron chi connectivity index (χ3n) is 10.9. The van der Waals surface area contributed by atoms with Crippen molar-refractivity contribution in [1.29, 1.82) is 0 Å². The summed E-state index contributed by atoms with van der Waals surface area (Å²) in [6.07, 6.45) is 15.2. The molecule has 50 heavy (non-hydrogen) atoms. The van der Waals surface area contributed by atoms with Crippen molar-refractivity contribution in [2.24, 2.45) is 17.8 Å². The zero-order valence-corrected chi connectivity index (χ0v) is 31.7. The summed E-state index contributed by atoms with van der Waals surface area (Å²) in [4.78, 5) is 43.8. The molecule has 3 N–H and O–H groups in total. The van der Waals surface area contributed by atoms with E-state index in [0.717, 1.165) is 96.3 Å². The molecule has 282 valence electrons. The van der Waals surface area contributed by atoms with Gasteiger partial charge < -0.3 is 19.8 Å². The number of aromatic nitrogens is 1. The van der Waals surface area contributed by atoms with Gasteiger partial charge in [-0.1, -0.05) is 27.2 Å². The Morgan fingerprint density at radius 2 is 1.80 bits per heavy atom. The van der Waals surface area contributed by atoms with Gasteiger partial charge in [0.2, 0.25) is 5.91 Å². The van der Waals surface area contributed by atoms with Crippen LogP contribution in [0.15, 0.2) is 29.3 Å². The molecule has 1 aliphatic carbocycles. The highest BCUT2D eigenvalue weighted by Crippen LogP contribution is 2.40. The first-order chi connectivity index (χ1) is 24.4. The number of carbonyl (C=O) groups excluding carboxylic acids is 3. The summed E-state index contributed by atoms with van der Waals surface area (Å²) in [5.74, 6) is 2.15. The molecule has 1 saturated carbocycles. The third kappa shape index (κ3) is 9.52. The minimum Gasteiger partial charge on any atom is -0.496 e. The maximum atomic E-state index is 12.6. The number of rotatable bonds is 17. The SMILES string of the molecule is CC.CCc1c(SC)[nH]c2c(CN3CC[C@@H](CNC(=O)CCCCCNC4OC4C4CCC(CN5C(=O)C=CC5=O)CC4)C3)c(OC)ccc12.[HH].[HH].[HH]. The Morgan fingerprint density at radius 1 is 1.04 bits per heavy atom. The van der Waals surface area contributed by atoms with Gasteiger partial charge in [0.15, 0.2) is 0 Å². The molecule has 10 nitrogen and oxygen atoms in total. The largest absolute Gasteiger partial charge is 0.496 e. The van der Waals surface area contributed by atoms with E-state index in [1.54, 1.807) is 18.9 Å². The summed E-state index contributed by atoms with van der Waals surface area (Å²) >= 11 is 1.77. The Kier molecular flexibility index (Phi) is 14.3. The molecule has 4 aliphatic rings. The molecule has 0 spiro atoms. The van der Waals surface area contributed by atoms with Gasteiger partial charge in [-0.3, -0.25) is 29.5 Å². The van der Waals surface area contributed by atoms with E-state index in [0.29, 0.717) is 30.7 Å². The van der Waals surface area contributed by atoms with Gasteiger partial charge in [0.1, 0.15) is 18.1 Å². The molecule has 3 aliphatic heterocycles. The molecular formula is C39H65N5O5S. The molecule has 11 heteroatoms. The first kappa shape index (κ1) is 38.4. The number of amides is 3. The molecule has 2 aromatic rings. The van der Waals surface area contributed by atoms with Crippen LogP contribution >= 0.6 is 11.8 Å². The van der Waals surface area contributed by atoms with Gasteiger partial charge in [0.25, 0.3) is 11.8 Å². The molecule has 2 unspecified atom stereocenters. The van der Waals surface area contributed by atoms with E-state index in [1.807, 2.05) is 13.8 Å². The van der Waals surface area contributed by atoms with Crippen LogP contribution < -0.4 is 15.4 Å². The van der Waals surface area contributed by atoms with Crippen molar-refractivity contribution >= 4 is 40.4 Å². The Bertz CT molecular complexity index is 1480. The lowest BCUT2D eigenvalue weighted by Gasteiger charge is -2.30. The Labute approximate surface area is 307 Å². The van der Waals surface area contributed by atoms with Crippen molar-refractivity contribution in [1.82, 2.24) is 25.4 Å². The number of epoxide rings is 1. The molecule has 1 aromatic carbocycles. The van der Waals surface area contributed by atoms with Gasteiger partial charge in [0, 0.05) is 60.0 Å². The predicted molar refractivity (Wildman–Crippen MR) is 207 cm³/mol. The van der Waals surface area contributed by atoms with Crippen LogP contribution in [0.3, 0.4) is 0 Å². The van der Waals surface area contributed by atoms with Gasteiger partial charge in [-0.05, 0) is 106 Å². The predicted octanol–water partition coefficient (Wildman–Crippen LogP) is 6.77. The lowest BCUT2D eigenvalue weighted by Crippen LogP contribution is -2.36. The van der Waals surface area contributed by atoms with Crippen molar-refractivity contribution in [3.05, 3.63) is 35.4 Å².